The number of hydrogen-bond acceptors (Lipinski definition) is 3. The molecule has 25 heavy (non-hydrogen) atoms. The van der Waals surface area contributed by atoms with Crippen LogP contribution in [0.5, 0.6) is 5.75 Å². The molecule has 130 valence electrons. The zero-order chi connectivity index (χ0) is 18.6. The lowest BCUT2D eigenvalue weighted by Crippen LogP contribution is -2.06. The van der Waals surface area contributed by atoms with Crippen LogP contribution in [0.2, 0.25) is 5.02 Å². The van der Waals surface area contributed by atoms with Crippen LogP contribution in [0.4, 0.5) is 0 Å². The molecule has 0 spiro atoms. The monoisotopic (exact) mass is 358 g/mol. The number of hydrogen-bond donors (Lipinski definition) is 1. The Morgan fingerprint density at radius 2 is 1.84 bits per heavy atom. The Bertz CT molecular complexity index is 836. The molecule has 0 amide bonds. The maximum Gasteiger partial charge on any atom is 0.307 e. The van der Waals surface area contributed by atoms with Crippen LogP contribution in [0, 0.1) is 13.8 Å². The number of allylic oxidation sites excluding steroid dienone is 1. The molecule has 0 saturated carbocycles. The molecule has 0 saturated heterocycles. The van der Waals surface area contributed by atoms with Crippen molar-refractivity contribution in [2.24, 2.45) is 0 Å². The van der Waals surface area contributed by atoms with Crippen LogP contribution in [-0.2, 0) is 11.2 Å². The number of rotatable bonds is 6. The molecule has 0 aliphatic rings. The average molecular weight is 359 g/mol. The van der Waals surface area contributed by atoms with Crippen molar-refractivity contribution in [3.63, 3.8) is 0 Å². The molecule has 0 aliphatic heterocycles. The highest BCUT2D eigenvalue weighted by Gasteiger charge is 2.15. The van der Waals surface area contributed by atoms with Gasteiger partial charge in [-0.3, -0.25) is 9.59 Å². The first-order valence-electron chi connectivity index (χ1n) is 7.70. The van der Waals surface area contributed by atoms with Gasteiger partial charge in [0.05, 0.1) is 13.5 Å². The fraction of sp³-hybridized carbons (Fsp3) is 0.200. The van der Waals surface area contributed by atoms with Gasteiger partial charge >= 0.3 is 5.97 Å². The molecule has 2 rings (SSSR count). The van der Waals surface area contributed by atoms with E-state index < -0.39 is 5.97 Å². The number of benzene rings is 2. The van der Waals surface area contributed by atoms with Gasteiger partial charge in [-0.2, -0.15) is 0 Å². The first-order chi connectivity index (χ1) is 11.8. The summed E-state index contributed by atoms with van der Waals surface area (Å²) < 4.78 is 5.43. The van der Waals surface area contributed by atoms with Gasteiger partial charge in [0.15, 0.2) is 5.78 Å². The quantitative estimate of drug-likeness (QED) is 0.610. The maximum absolute atomic E-state index is 12.3. The second-order valence-corrected chi connectivity index (χ2v) is 6.13. The van der Waals surface area contributed by atoms with E-state index in [1.54, 1.807) is 30.3 Å². The molecule has 1 N–H and O–H groups in total. The summed E-state index contributed by atoms with van der Waals surface area (Å²) >= 11 is 5.83. The zero-order valence-corrected chi connectivity index (χ0v) is 15.1. The number of carbonyl (C=O) groups is 2. The van der Waals surface area contributed by atoms with Crippen molar-refractivity contribution in [2.45, 2.75) is 20.3 Å². The summed E-state index contributed by atoms with van der Waals surface area (Å²) in [5.74, 6) is -0.472. The third-order valence-corrected chi connectivity index (χ3v) is 4.23. The average Bonchev–Trinajstić information content (AvgIpc) is 2.56. The first-order valence-corrected chi connectivity index (χ1v) is 8.08. The summed E-state index contributed by atoms with van der Waals surface area (Å²) in [6, 6.07) is 8.49. The summed E-state index contributed by atoms with van der Waals surface area (Å²) in [4.78, 5) is 23.3. The Hall–Kier alpha value is -2.59. The van der Waals surface area contributed by atoms with Crippen molar-refractivity contribution in [1.29, 1.82) is 0 Å². The van der Waals surface area contributed by atoms with E-state index in [1.807, 2.05) is 19.9 Å². The highest BCUT2D eigenvalue weighted by Crippen LogP contribution is 2.31. The second kappa shape index (κ2) is 7.99. The van der Waals surface area contributed by atoms with E-state index in [1.165, 1.54) is 13.2 Å². The summed E-state index contributed by atoms with van der Waals surface area (Å²) in [6.45, 7) is 3.67. The Kier molecular flexibility index (Phi) is 5.99. The standard InChI is InChI=1S/C20H19ClO4/c1-12-10-15(20(25-3)13(2)17(12)11-19(23)24)6-9-18(22)14-4-7-16(21)8-5-14/h4-10H,11H2,1-3H3,(H,23,24). The fourth-order valence-electron chi connectivity index (χ4n) is 2.73. The third kappa shape index (κ3) is 4.48. The van der Waals surface area contributed by atoms with Crippen LogP contribution in [0.3, 0.4) is 0 Å². The molecule has 2 aromatic rings. The van der Waals surface area contributed by atoms with Crippen LogP contribution in [0.15, 0.2) is 36.4 Å². The van der Waals surface area contributed by atoms with E-state index in [0.29, 0.717) is 16.3 Å². The minimum absolute atomic E-state index is 0.0677. The Morgan fingerprint density at radius 1 is 1.20 bits per heavy atom. The zero-order valence-electron chi connectivity index (χ0n) is 14.3. The molecule has 0 heterocycles. The van der Waals surface area contributed by atoms with Gasteiger partial charge in [-0.25, -0.2) is 0 Å². The molecular formula is C20H19ClO4. The van der Waals surface area contributed by atoms with Crippen LogP contribution >= 0.6 is 11.6 Å². The van der Waals surface area contributed by atoms with Gasteiger partial charge in [0, 0.05) is 16.1 Å². The van der Waals surface area contributed by atoms with E-state index in [0.717, 1.165) is 22.3 Å². The van der Waals surface area contributed by atoms with E-state index >= 15 is 0 Å². The number of aryl methyl sites for hydroxylation is 1. The van der Waals surface area contributed by atoms with Gasteiger partial charge < -0.3 is 9.84 Å². The topological polar surface area (TPSA) is 63.6 Å². The summed E-state index contributed by atoms with van der Waals surface area (Å²) in [5, 5.41) is 9.63. The molecular weight excluding hydrogens is 340 g/mol. The Morgan fingerprint density at radius 3 is 2.40 bits per heavy atom. The van der Waals surface area contributed by atoms with Gasteiger partial charge in [0.2, 0.25) is 0 Å². The van der Waals surface area contributed by atoms with Gasteiger partial charge in [-0.05, 0) is 73.0 Å². The van der Waals surface area contributed by atoms with Crippen LogP contribution < -0.4 is 4.74 Å². The molecule has 2 aromatic carbocycles. The highest BCUT2D eigenvalue weighted by molar-refractivity contribution is 6.30. The van der Waals surface area contributed by atoms with Gasteiger partial charge in [0.25, 0.3) is 0 Å². The molecule has 0 aliphatic carbocycles. The number of carbonyl (C=O) groups excluding carboxylic acids is 1. The van der Waals surface area contributed by atoms with Crippen molar-refractivity contribution >= 4 is 29.4 Å². The van der Waals surface area contributed by atoms with E-state index in [-0.39, 0.29) is 12.2 Å². The maximum atomic E-state index is 12.3. The number of ketones is 1. The minimum atomic E-state index is -0.894. The van der Waals surface area contributed by atoms with Gasteiger partial charge in [0.1, 0.15) is 5.75 Å². The Balaban J connectivity index is 2.37. The molecule has 0 radical (unpaired) electrons. The molecule has 0 atom stereocenters. The summed E-state index contributed by atoms with van der Waals surface area (Å²) in [5.41, 5.74) is 3.61. The van der Waals surface area contributed by atoms with Gasteiger partial charge in [-0.15, -0.1) is 0 Å². The number of carboxylic acids is 1. The van der Waals surface area contributed by atoms with Crippen molar-refractivity contribution in [3.8, 4) is 5.75 Å². The normalized spacial score (nSPS) is 10.9. The van der Waals surface area contributed by atoms with Crippen molar-refractivity contribution in [3.05, 3.63) is 69.2 Å². The first kappa shape index (κ1) is 18.7. The number of carboxylic acid groups (broad SMARTS) is 1. The van der Waals surface area contributed by atoms with E-state index in [4.69, 9.17) is 21.4 Å². The van der Waals surface area contributed by atoms with Crippen molar-refractivity contribution in [2.75, 3.05) is 7.11 Å². The molecule has 0 aromatic heterocycles. The number of methoxy groups -OCH3 is 1. The van der Waals surface area contributed by atoms with E-state index in [2.05, 4.69) is 0 Å². The van der Waals surface area contributed by atoms with Gasteiger partial charge in [-0.1, -0.05) is 11.6 Å². The number of ether oxygens (including phenoxy) is 1. The van der Waals surface area contributed by atoms with Crippen LogP contribution in [-0.4, -0.2) is 24.0 Å². The number of aliphatic carboxylic acids is 1. The third-order valence-electron chi connectivity index (χ3n) is 3.98. The lowest BCUT2D eigenvalue weighted by molar-refractivity contribution is -0.136. The van der Waals surface area contributed by atoms with Crippen LogP contribution in [0.25, 0.3) is 6.08 Å². The van der Waals surface area contributed by atoms with E-state index in [9.17, 15) is 9.59 Å². The largest absolute Gasteiger partial charge is 0.496 e. The summed E-state index contributed by atoms with van der Waals surface area (Å²) in [7, 11) is 1.53. The SMILES string of the molecule is COc1c(C=CC(=O)c2ccc(Cl)cc2)cc(C)c(CC(=O)O)c1C. The fourth-order valence-corrected chi connectivity index (χ4v) is 2.86. The van der Waals surface area contributed by atoms with Crippen molar-refractivity contribution in [1.82, 2.24) is 0 Å². The molecule has 0 unspecified atom stereocenters. The highest BCUT2D eigenvalue weighted by atomic mass is 35.5. The number of halogens is 1. The lowest BCUT2D eigenvalue weighted by Gasteiger charge is -2.15. The van der Waals surface area contributed by atoms with Crippen molar-refractivity contribution < 1.29 is 19.4 Å². The molecule has 0 fully saturated rings. The van der Waals surface area contributed by atoms with Crippen LogP contribution in [0.1, 0.15) is 32.6 Å². The second-order valence-electron chi connectivity index (χ2n) is 5.69. The molecule has 0 bridgehead atoms. The molecule has 5 heteroatoms. The predicted octanol–water partition coefficient (Wildman–Crippen LogP) is 4.49. The smallest absolute Gasteiger partial charge is 0.307 e. The Labute approximate surface area is 151 Å². The predicted molar refractivity (Wildman–Crippen MR) is 98.6 cm³/mol. The lowest BCUT2D eigenvalue weighted by atomic mass is 9.95. The summed E-state index contributed by atoms with van der Waals surface area (Å²) in [6.07, 6.45) is 3.08. The minimum Gasteiger partial charge on any atom is -0.496 e. The molecule has 4 nitrogen and oxygen atoms in total.